The van der Waals surface area contributed by atoms with Gasteiger partial charge in [-0.1, -0.05) is 0 Å². The normalized spacial score (nSPS) is 11.6. The zero-order valence-corrected chi connectivity index (χ0v) is 11.0. The number of alkyl halides is 3. The summed E-state index contributed by atoms with van der Waals surface area (Å²) in [4.78, 5) is 3.72. The van der Waals surface area contributed by atoms with Gasteiger partial charge in [0.2, 0.25) is 0 Å². The molecule has 0 bridgehead atoms. The number of nitrogen functional groups attached to an aromatic ring is 1. The van der Waals surface area contributed by atoms with Gasteiger partial charge in [-0.05, 0) is 22.0 Å². The van der Waals surface area contributed by atoms with Crippen molar-refractivity contribution in [3.8, 4) is 0 Å². The third-order valence-electron chi connectivity index (χ3n) is 2.36. The number of halogens is 4. The molecule has 2 rings (SSSR count). The second kappa shape index (κ2) is 5.08. The maximum atomic E-state index is 12.8. The predicted octanol–water partition coefficient (Wildman–Crippen LogP) is 2.78. The summed E-state index contributed by atoms with van der Waals surface area (Å²) in [6.07, 6.45) is -1.76. The van der Waals surface area contributed by atoms with Crippen LogP contribution in [0.5, 0.6) is 0 Å². The fourth-order valence-electron chi connectivity index (χ4n) is 1.44. The molecule has 0 atom stereocenters. The summed E-state index contributed by atoms with van der Waals surface area (Å²) in [7, 11) is 0. The average molecular weight is 336 g/mol. The maximum absolute atomic E-state index is 12.8. The SMILES string of the molecule is Nc1[nH]ncc1CNc1ncc(Br)cc1C(F)(F)F. The highest BCUT2D eigenvalue weighted by molar-refractivity contribution is 9.10. The fraction of sp³-hybridized carbons (Fsp3) is 0.200. The Hall–Kier alpha value is -1.77. The molecule has 4 N–H and O–H groups in total. The van der Waals surface area contributed by atoms with Crippen molar-refractivity contribution < 1.29 is 13.2 Å². The van der Waals surface area contributed by atoms with E-state index in [0.717, 1.165) is 6.07 Å². The first kappa shape index (κ1) is 13.7. The fourth-order valence-corrected chi connectivity index (χ4v) is 1.77. The van der Waals surface area contributed by atoms with Crippen LogP contribution < -0.4 is 11.1 Å². The van der Waals surface area contributed by atoms with E-state index in [9.17, 15) is 13.2 Å². The van der Waals surface area contributed by atoms with Crippen LogP contribution in [0.4, 0.5) is 24.8 Å². The second-order valence-corrected chi connectivity index (χ2v) is 4.63. The molecule has 0 fully saturated rings. The first-order valence-electron chi connectivity index (χ1n) is 5.12. The van der Waals surface area contributed by atoms with Crippen LogP contribution in [0.25, 0.3) is 0 Å². The quantitative estimate of drug-likeness (QED) is 0.805. The molecule has 0 aliphatic heterocycles. The van der Waals surface area contributed by atoms with Gasteiger partial charge in [0.15, 0.2) is 0 Å². The standard InChI is InChI=1S/C10H9BrF3N5/c11-6-1-7(10(12,13)14)9(17-4-6)16-2-5-3-18-19-8(5)15/h1,3-4H,2H2,(H,16,17)(H3,15,18,19). The minimum Gasteiger partial charge on any atom is -0.384 e. The minimum absolute atomic E-state index is 0.0973. The third kappa shape index (κ3) is 3.16. The van der Waals surface area contributed by atoms with E-state index >= 15 is 0 Å². The number of anilines is 2. The number of hydrogen-bond donors (Lipinski definition) is 3. The van der Waals surface area contributed by atoms with E-state index in [0.29, 0.717) is 11.4 Å². The highest BCUT2D eigenvalue weighted by Crippen LogP contribution is 2.35. The zero-order valence-electron chi connectivity index (χ0n) is 9.42. The number of aromatic amines is 1. The molecule has 2 heterocycles. The Morgan fingerprint density at radius 2 is 2.11 bits per heavy atom. The van der Waals surface area contributed by atoms with Crippen molar-refractivity contribution in [1.82, 2.24) is 15.2 Å². The Kier molecular flexibility index (Phi) is 3.65. The summed E-state index contributed by atoms with van der Waals surface area (Å²) in [5.41, 5.74) is 5.27. The molecule has 9 heteroatoms. The minimum atomic E-state index is -4.49. The van der Waals surface area contributed by atoms with Gasteiger partial charge in [0.1, 0.15) is 11.6 Å². The number of nitrogens with one attached hydrogen (secondary N) is 2. The van der Waals surface area contributed by atoms with E-state index in [1.54, 1.807) is 0 Å². The first-order valence-corrected chi connectivity index (χ1v) is 5.91. The van der Waals surface area contributed by atoms with E-state index in [1.165, 1.54) is 12.4 Å². The topological polar surface area (TPSA) is 79.6 Å². The zero-order chi connectivity index (χ0) is 14.0. The molecule has 5 nitrogen and oxygen atoms in total. The molecule has 0 saturated heterocycles. The van der Waals surface area contributed by atoms with Crippen molar-refractivity contribution in [2.24, 2.45) is 0 Å². The van der Waals surface area contributed by atoms with Gasteiger partial charge in [0, 0.05) is 22.8 Å². The van der Waals surface area contributed by atoms with Gasteiger partial charge in [-0.25, -0.2) is 4.98 Å². The Morgan fingerprint density at radius 3 is 2.68 bits per heavy atom. The van der Waals surface area contributed by atoms with Crippen molar-refractivity contribution in [2.45, 2.75) is 12.7 Å². The molecule has 0 aliphatic rings. The molecular weight excluding hydrogens is 327 g/mol. The van der Waals surface area contributed by atoms with Crippen LogP contribution in [0.3, 0.4) is 0 Å². The molecule has 19 heavy (non-hydrogen) atoms. The average Bonchev–Trinajstić information content (AvgIpc) is 2.72. The van der Waals surface area contributed by atoms with Gasteiger partial charge in [-0.2, -0.15) is 18.3 Å². The van der Waals surface area contributed by atoms with Gasteiger partial charge in [0.05, 0.1) is 11.8 Å². The molecule has 0 spiro atoms. The number of pyridine rings is 1. The van der Waals surface area contributed by atoms with Gasteiger partial charge >= 0.3 is 6.18 Å². The van der Waals surface area contributed by atoms with Crippen molar-refractivity contribution in [1.29, 1.82) is 0 Å². The lowest BCUT2D eigenvalue weighted by Gasteiger charge is -2.13. The lowest BCUT2D eigenvalue weighted by atomic mass is 10.2. The first-order chi connectivity index (χ1) is 8.88. The summed E-state index contributed by atoms with van der Waals surface area (Å²) in [6, 6.07) is 0.966. The van der Waals surface area contributed by atoms with E-state index in [-0.39, 0.29) is 16.8 Å². The Bertz CT molecular complexity index is 581. The Morgan fingerprint density at radius 1 is 1.37 bits per heavy atom. The van der Waals surface area contributed by atoms with Gasteiger partial charge in [0.25, 0.3) is 0 Å². The molecule has 2 aromatic heterocycles. The smallest absolute Gasteiger partial charge is 0.384 e. The number of nitrogens with two attached hydrogens (primary N) is 1. The molecule has 0 unspecified atom stereocenters. The molecule has 102 valence electrons. The summed E-state index contributed by atoms with van der Waals surface area (Å²) in [5, 5.41) is 8.77. The van der Waals surface area contributed by atoms with E-state index < -0.39 is 11.7 Å². The Balaban J connectivity index is 2.23. The third-order valence-corrected chi connectivity index (χ3v) is 2.79. The molecule has 0 aliphatic carbocycles. The summed E-state index contributed by atoms with van der Waals surface area (Å²) < 4.78 is 38.7. The van der Waals surface area contributed by atoms with Gasteiger partial charge in [-0.3, -0.25) is 5.10 Å². The van der Waals surface area contributed by atoms with E-state index in [1.807, 2.05) is 0 Å². The highest BCUT2D eigenvalue weighted by Gasteiger charge is 2.34. The number of rotatable bonds is 3. The van der Waals surface area contributed by atoms with Crippen molar-refractivity contribution >= 4 is 27.6 Å². The lowest BCUT2D eigenvalue weighted by molar-refractivity contribution is -0.137. The number of H-pyrrole nitrogens is 1. The number of nitrogens with zero attached hydrogens (tertiary/aromatic N) is 2. The maximum Gasteiger partial charge on any atom is 0.419 e. The summed E-state index contributed by atoms with van der Waals surface area (Å²) in [5.74, 6) is 0.0504. The molecule has 2 aromatic rings. The van der Waals surface area contributed by atoms with Crippen LogP contribution in [0.15, 0.2) is 22.9 Å². The highest BCUT2D eigenvalue weighted by atomic mass is 79.9. The lowest BCUT2D eigenvalue weighted by Crippen LogP contribution is -2.12. The molecule has 0 aromatic carbocycles. The van der Waals surface area contributed by atoms with Gasteiger partial charge in [-0.15, -0.1) is 0 Å². The predicted molar refractivity (Wildman–Crippen MR) is 67.3 cm³/mol. The largest absolute Gasteiger partial charge is 0.419 e. The molecular formula is C10H9BrF3N5. The summed E-state index contributed by atoms with van der Waals surface area (Å²) in [6.45, 7) is 0.0973. The number of hydrogen-bond acceptors (Lipinski definition) is 4. The Labute approximate surface area is 114 Å². The van der Waals surface area contributed by atoms with E-state index in [2.05, 4.69) is 36.4 Å². The van der Waals surface area contributed by atoms with Crippen molar-refractivity contribution in [3.05, 3.63) is 34.1 Å². The monoisotopic (exact) mass is 335 g/mol. The van der Waals surface area contributed by atoms with Gasteiger partial charge < -0.3 is 11.1 Å². The van der Waals surface area contributed by atoms with Crippen molar-refractivity contribution in [3.63, 3.8) is 0 Å². The molecule has 0 radical (unpaired) electrons. The molecule has 0 saturated carbocycles. The second-order valence-electron chi connectivity index (χ2n) is 3.71. The van der Waals surface area contributed by atoms with Crippen LogP contribution in [0, 0.1) is 0 Å². The van der Waals surface area contributed by atoms with Crippen LogP contribution in [-0.2, 0) is 12.7 Å². The van der Waals surface area contributed by atoms with Crippen LogP contribution in [0.2, 0.25) is 0 Å². The van der Waals surface area contributed by atoms with Crippen molar-refractivity contribution in [2.75, 3.05) is 11.1 Å². The summed E-state index contributed by atoms with van der Waals surface area (Å²) >= 11 is 2.96. The van der Waals surface area contributed by atoms with E-state index in [4.69, 9.17) is 5.73 Å². The number of aromatic nitrogens is 3. The van der Waals surface area contributed by atoms with Crippen LogP contribution in [-0.4, -0.2) is 15.2 Å². The van der Waals surface area contributed by atoms with Crippen LogP contribution in [0.1, 0.15) is 11.1 Å². The molecule has 0 amide bonds. The van der Waals surface area contributed by atoms with Crippen LogP contribution >= 0.6 is 15.9 Å².